The predicted octanol–water partition coefficient (Wildman–Crippen LogP) is 2.72. The summed E-state index contributed by atoms with van der Waals surface area (Å²) in [5, 5.41) is 6.07. The van der Waals surface area contributed by atoms with Crippen LogP contribution in [0.4, 0.5) is 11.4 Å². The summed E-state index contributed by atoms with van der Waals surface area (Å²) in [6.07, 6.45) is 1.57. The van der Waals surface area contributed by atoms with E-state index in [0.717, 1.165) is 21.6 Å². The number of pyridine rings is 1. The van der Waals surface area contributed by atoms with Crippen molar-refractivity contribution in [3.8, 4) is 5.19 Å². The molecule has 2 aromatic heterocycles. The molecular weight excluding hydrogens is 328 g/mol. The van der Waals surface area contributed by atoms with Crippen LogP contribution in [0.2, 0.25) is 0 Å². The van der Waals surface area contributed by atoms with Gasteiger partial charge in [-0.3, -0.25) is 14.6 Å². The fraction of sp³-hybridized carbons (Fsp3) is 0.125. The molecule has 2 heterocycles. The monoisotopic (exact) mass is 342 g/mol. The molecule has 0 unspecified atom stereocenters. The van der Waals surface area contributed by atoms with Gasteiger partial charge in [-0.2, -0.15) is 0 Å². The van der Waals surface area contributed by atoms with Crippen molar-refractivity contribution in [3.63, 3.8) is 0 Å². The van der Waals surface area contributed by atoms with Crippen LogP contribution in [0.25, 0.3) is 10.2 Å². The normalized spacial score (nSPS) is 10.4. The van der Waals surface area contributed by atoms with E-state index in [1.807, 2.05) is 18.2 Å². The molecule has 0 aliphatic carbocycles. The van der Waals surface area contributed by atoms with Crippen LogP contribution in [-0.2, 0) is 4.79 Å². The smallest absolute Gasteiger partial charge is 0.309 e. The molecule has 7 nitrogen and oxygen atoms in total. The molecule has 1 aromatic carbocycles. The highest BCUT2D eigenvalue weighted by atomic mass is 32.1. The van der Waals surface area contributed by atoms with Gasteiger partial charge in [0, 0.05) is 31.5 Å². The zero-order chi connectivity index (χ0) is 17.1. The number of nitrogens with zero attached hydrogens (tertiary/aromatic N) is 2. The van der Waals surface area contributed by atoms with Crippen LogP contribution in [-0.4, -0.2) is 28.9 Å². The lowest BCUT2D eigenvalue weighted by Crippen LogP contribution is -2.19. The fourth-order valence-electron chi connectivity index (χ4n) is 2.08. The maximum absolute atomic E-state index is 11.6. The highest BCUT2D eigenvalue weighted by molar-refractivity contribution is 7.20. The number of esters is 1. The highest BCUT2D eigenvalue weighted by Crippen LogP contribution is 2.31. The Balaban J connectivity index is 1.85. The van der Waals surface area contributed by atoms with Gasteiger partial charge < -0.3 is 15.4 Å². The maximum Gasteiger partial charge on any atom is 0.309 e. The van der Waals surface area contributed by atoms with Gasteiger partial charge in [-0.05, 0) is 30.3 Å². The first-order valence-electron chi connectivity index (χ1n) is 7.09. The summed E-state index contributed by atoms with van der Waals surface area (Å²) in [5.74, 6) is -0.645. The molecule has 2 N–H and O–H groups in total. The Morgan fingerprint density at radius 3 is 2.71 bits per heavy atom. The minimum atomic E-state index is -0.397. The molecule has 122 valence electrons. The highest BCUT2D eigenvalue weighted by Gasteiger charge is 2.09. The molecule has 3 rings (SSSR count). The van der Waals surface area contributed by atoms with Gasteiger partial charge in [0.2, 0.25) is 0 Å². The summed E-state index contributed by atoms with van der Waals surface area (Å²) < 4.78 is 5.89. The average molecular weight is 342 g/mol. The van der Waals surface area contributed by atoms with Gasteiger partial charge >= 0.3 is 5.97 Å². The maximum atomic E-state index is 11.6. The van der Waals surface area contributed by atoms with Crippen LogP contribution in [0, 0.1) is 0 Å². The number of aromatic nitrogens is 2. The van der Waals surface area contributed by atoms with E-state index in [1.54, 1.807) is 25.4 Å². The van der Waals surface area contributed by atoms with Gasteiger partial charge in [0.05, 0.1) is 10.2 Å². The van der Waals surface area contributed by atoms with Crippen LogP contribution < -0.4 is 15.4 Å². The van der Waals surface area contributed by atoms with E-state index in [0.29, 0.717) is 10.9 Å². The van der Waals surface area contributed by atoms with Crippen molar-refractivity contribution in [3.05, 3.63) is 42.2 Å². The number of hydrogen-bond donors (Lipinski definition) is 2. The Kier molecular flexibility index (Phi) is 4.39. The molecule has 8 heteroatoms. The molecule has 1 amide bonds. The Morgan fingerprint density at radius 2 is 1.96 bits per heavy atom. The minimum absolute atomic E-state index is 0.248. The summed E-state index contributed by atoms with van der Waals surface area (Å²) in [6.45, 7) is 1.34. The van der Waals surface area contributed by atoms with Crippen LogP contribution in [0.3, 0.4) is 0 Å². The van der Waals surface area contributed by atoms with Gasteiger partial charge in [0.1, 0.15) is 5.69 Å². The molecule has 0 bridgehead atoms. The Labute approximate surface area is 141 Å². The number of fused-ring (bicyclic) bond motifs is 1. The molecule has 0 aliphatic rings. The fourth-order valence-corrected chi connectivity index (χ4v) is 2.97. The summed E-state index contributed by atoms with van der Waals surface area (Å²) in [7, 11) is 1.56. The minimum Gasteiger partial charge on any atom is -0.398 e. The second-order valence-corrected chi connectivity index (χ2v) is 5.88. The lowest BCUT2D eigenvalue weighted by molar-refractivity contribution is -0.131. The number of carbonyl (C=O) groups is 2. The largest absolute Gasteiger partial charge is 0.398 e. The number of nitrogens with one attached hydrogen (secondary N) is 2. The van der Waals surface area contributed by atoms with E-state index >= 15 is 0 Å². The van der Waals surface area contributed by atoms with E-state index < -0.39 is 5.97 Å². The third-order valence-corrected chi connectivity index (χ3v) is 4.00. The van der Waals surface area contributed by atoms with E-state index in [4.69, 9.17) is 4.74 Å². The van der Waals surface area contributed by atoms with Crippen molar-refractivity contribution in [2.45, 2.75) is 6.92 Å². The first kappa shape index (κ1) is 15.9. The molecule has 0 radical (unpaired) electrons. The lowest BCUT2D eigenvalue weighted by Gasteiger charge is -2.07. The third kappa shape index (κ3) is 3.49. The average Bonchev–Trinajstić information content (AvgIpc) is 2.95. The second-order valence-electron chi connectivity index (χ2n) is 4.89. The zero-order valence-corrected chi connectivity index (χ0v) is 13.8. The van der Waals surface area contributed by atoms with Crippen LogP contribution in [0.5, 0.6) is 5.19 Å². The van der Waals surface area contributed by atoms with E-state index in [1.165, 1.54) is 18.3 Å². The van der Waals surface area contributed by atoms with Gasteiger partial charge in [-0.1, -0.05) is 11.3 Å². The number of anilines is 2. The number of amides is 1. The number of thiazole rings is 1. The zero-order valence-electron chi connectivity index (χ0n) is 13.0. The third-order valence-electron chi connectivity index (χ3n) is 3.11. The Bertz CT molecular complexity index is 923. The van der Waals surface area contributed by atoms with Crippen molar-refractivity contribution in [1.29, 1.82) is 0 Å². The van der Waals surface area contributed by atoms with Crippen molar-refractivity contribution < 1.29 is 14.3 Å². The van der Waals surface area contributed by atoms with Gasteiger partial charge in [0.15, 0.2) is 0 Å². The van der Waals surface area contributed by atoms with Crippen molar-refractivity contribution >= 4 is 44.8 Å². The number of ether oxygens (including phenoxy) is 1. The summed E-state index contributed by atoms with van der Waals surface area (Å²) in [4.78, 5) is 30.9. The number of benzene rings is 1. The van der Waals surface area contributed by atoms with E-state index in [2.05, 4.69) is 20.6 Å². The molecule has 3 aromatic rings. The van der Waals surface area contributed by atoms with Crippen LogP contribution in [0.15, 0.2) is 36.5 Å². The van der Waals surface area contributed by atoms with Crippen LogP contribution >= 0.6 is 11.3 Å². The van der Waals surface area contributed by atoms with Gasteiger partial charge in [-0.15, -0.1) is 0 Å². The molecular formula is C16H14N4O3S. The molecule has 0 saturated carbocycles. The predicted molar refractivity (Wildman–Crippen MR) is 91.8 cm³/mol. The SMILES string of the molecule is CNC(=O)c1cc(Nc2ccc3nc(OC(C)=O)sc3c2)ccn1. The van der Waals surface area contributed by atoms with Gasteiger partial charge in [-0.25, -0.2) is 4.98 Å². The molecule has 0 atom stereocenters. The second kappa shape index (κ2) is 6.63. The standard InChI is InChI=1S/C16H14N4O3S/c1-9(21)23-16-20-12-4-3-10(8-14(12)24-16)19-11-5-6-18-13(7-11)15(22)17-2/h3-8H,1-2H3,(H,17,22)(H,18,19). The van der Waals surface area contributed by atoms with Crippen molar-refractivity contribution in [2.75, 3.05) is 12.4 Å². The summed E-state index contributed by atoms with van der Waals surface area (Å²) in [6, 6.07) is 9.04. The van der Waals surface area contributed by atoms with Crippen molar-refractivity contribution in [2.24, 2.45) is 0 Å². The number of carbonyl (C=O) groups excluding carboxylic acids is 2. The number of hydrogen-bond acceptors (Lipinski definition) is 7. The van der Waals surface area contributed by atoms with E-state index in [-0.39, 0.29) is 5.91 Å². The quantitative estimate of drug-likeness (QED) is 0.708. The molecule has 0 fully saturated rings. The van der Waals surface area contributed by atoms with E-state index in [9.17, 15) is 9.59 Å². The number of rotatable bonds is 4. The Morgan fingerprint density at radius 1 is 1.17 bits per heavy atom. The molecule has 0 saturated heterocycles. The topological polar surface area (TPSA) is 93.2 Å². The Hall–Kier alpha value is -3.00. The summed E-state index contributed by atoms with van der Waals surface area (Å²) >= 11 is 1.29. The molecule has 0 spiro atoms. The van der Waals surface area contributed by atoms with Crippen LogP contribution in [0.1, 0.15) is 17.4 Å². The summed E-state index contributed by atoms with van der Waals surface area (Å²) in [5.41, 5.74) is 2.66. The molecule has 24 heavy (non-hydrogen) atoms. The van der Waals surface area contributed by atoms with Gasteiger partial charge in [0.25, 0.3) is 11.1 Å². The van der Waals surface area contributed by atoms with Crippen molar-refractivity contribution in [1.82, 2.24) is 15.3 Å². The first-order valence-corrected chi connectivity index (χ1v) is 7.91. The first-order chi connectivity index (χ1) is 11.5. The molecule has 0 aliphatic heterocycles. The lowest BCUT2D eigenvalue weighted by atomic mass is 10.2.